The van der Waals surface area contributed by atoms with E-state index in [1.807, 2.05) is 0 Å². The zero-order valence-electron chi connectivity index (χ0n) is 13.9. The predicted molar refractivity (Wildman–Crippen MR) is 94.6 cm³/mol. The fourth-order valence-corrected chi connectivity index (χ4v) is 3.73. The molecule has 3 rings (SSSR count). The highest BCUT2D eigenvalue weighted by atomic mass is 32.2. The minimum Gasteiger partial charge on any atom is -0.340 e. The number of hydrogen-bond donors (Lipinski definition) is 1. The van der Waals surface area contributed by atoms with Gasteiger partial charge >= 0.3 is 0 Å². The number of carbonyl (C=O) groups excluding carboxylic acids is 2. The molecule has 0 aliphatic carbocycles. The number of nitrogens with one attached hydrogen (secondary N) is 1. The second-order valence-electron chi connectivity index (χ2n) is 6.35. The van der Waals surface area contributed by atoms with Crippen LogP contribution in [0.1, 0.15) is 18.5 Å². The zero-order chi connectivity index (χ0) is 17.1. The van der Waals surface area contributed by atoms with Crippen molar-refractivity contribution < 1.29 is 9.59 Å². The van der Waals surface area contributed by atoms with E-state index in [1.54, 1.807) is 18.3 Å². The summed E-state index contributed by atoms with van der Waals surface area (Å²) in [5.74, 6) is 0.921. The molecule has 0 saturated carbocycles. The first-order chi connectivity index (χ1) is 11.5. The number of carbonyl (C=O) groups is 2. The molecule has 2 aliphatic heterocycles. The molecule has 0 radical (unpaired) electrons. The standard InChI is InChI=1S/C16H21N5O2S/c1-20(2)9-11-4-3-7-21(10-11)15-17-6-5-12(18-15)8-13-14(22)19-16(23)24-13/h5-6,8,11H,3-4,7,9-10H2,1-2H3,(H,19,22,23)/b13-8+. The van der Waals surface area contributed by atoms with Crippen LogP contribution in [0, 0.1) is 5.92 Å². The molecule has 0 spiro atoms. The Morgan fingerprint density at radius 1 is 1.46 bits per heavy atom. The summed E-state index contributed by atoms with van der Waals surface area (Å²) in [6, 6.07) is 1.74. The monoisotopic (exact) mass is 347 g/mol. The molecular weight excluding hydrogens is 326 g/mol. The number of hydrogen-bond acceptors (Lipinski definition) is 7. The molecule has 1 aromatic heterocycles. The lowest BCUT2D eigenvalue weighted by atomic mass is 9.98. The van der Waals surface area contributed by atoms with E-state index >= 15 is 0 Å². The molecule has 1 atom stereocenters. The first kappa shape index (κ1) is 16.9. The molecule has 24 heavy (non-hydrogen) atoms. The van der Waals surface area contributed by atoms with Crippen LogP contribution in [0.5, 0.6) is 0 Å². The SMILES string of the molecule is CN(C)CC1CCCN(c2nccc(/C=C3/SC(=O)NC3=O)n2)C1. The van der Waals surface area contributed by atoms with Crippen molar-refractivity contribution in [2.24, 2.45) is 5.92 Å². The molecule has 0 bridgehead atoms. The number of aromatic nitrogens is 2. The van der Waals surface area contributed by atoms with Gasteiger partial charge in [0.1, 0.15) is 0 Å². The number of rotatable bonds is 4. The Morgan fingerprint density at radius 3 is 3.00 bits per heavy atom. The summed E-state index contributed by atoms with van der Waals surface area (Å²) in [7, 11) is 4.18. The molecule has 1 aromatic rings. The van der Waals surface area contributed by atoms with Crippen LogP contribution in [0.2, 0.25) is 0 Å². The Kier molecular flexibility index (Phi) is 5.15. The maximum absolute atomic E-state index is 11.6. The third-order valence-corrected chi connectivity index (χ3v) is 4.82. The van der Waals surface area contributed by atoms with Gasteiger partial charge in [0.05, 0.1) is 10.6 Å². The van der Waals surface area contributed by atoms with Crippen molar-refractivity contribution in [1.82, 2.24) is 20.2 Å². The average molecular weight is 347 g/mol. The fourth-order valence-electron chi connectivity index (χ4n) is 3.06. The van der Waals surface area contributed by atoms with Crippen LogP contribution < -0.4 is 10.2 Å². The van der Waals surface area contributed by atoms with Gasteiger partial charge in [0.2, 0.25) is 5.95 Å². The number of thioether (sulfide) groups is 1. The van der Waals surface area contributed by atoms with Gasteiger partial charge in [0, 0.05) is 25.8 Å². The molecule has 2 fully saturated rings. The number of piperidine rings is 1. The minimum absolute atomic E-state index is 0.344. The largest absolute Gasteiger partial charge is 0.340 e. The van der Waals surface area contributed by atoms with Crippen molar-refractivity contribution in [2.45, 2.75) is 12.8 Å². The van der Waals surface area contributed by atoms with Gasteiger partial charge in [-0.2, -0.15) is 0 Å². The van der Waals surface area contributed by atoms with Crippen LogP contribution in [0.15, 0.2) is 17.2 Å². The van der Waals surface area contributed by atoms with Crippen molar-refractivity contribution in [3.8, 4) is 0 Å². The first-order valence-electron chi connectivity index (χ1n) is 7.99. The molecule has 1 N–H and O–H groups in total. The number of imide groups is 1. The van der Waals surface area contributed by atoms with E-state index < -0.39 is 0 Å². The Labute approximate surface area is 145 Å². The second kappa shape index (κ2) is 7.31. The van der Waals surface area contributed by atoms with Gasteiger partial charge in [0.15, 0.2) is 0 Å². The summed E-state index contributed by atoms with van der Waals surface area (Å²) >= 11 is 0.899. The third-order valence-electron chi connectivity index (χ3n) is 4.01. The normalized spacial score (nSPS) is 23.2. The van der Waals surface area contributed by atoms with E-state index in [2.05, 4.69) is 39.2 Å². The van der Waals surface area contributed by atoms with Crippen LogP contribution in [-0.4, -0.2) is 59.7 Å². The van der Waals surface area contributed by atoms with Crippen molar-refractivity contribution in [1.29, 1.82) is 0 Å². The van der Waals surface area contributed by atoms with Crippen LogP contribution in [0.4, 0.5) is 10.7 Å². The van der Waals surface area contributed by atoms with Crippen molar-refractivity contribution >= 4 is 34.9 Å². The summed E-state index contributed by atoms with van der Waals surface area (Å²) in [6.45, 7) is 2.93. The summed E-state index contributed by atoms with van der Waals surface area (Å²) in [4.78, 5) is 36.6. The summed E-state index contributed by atoms with van der Waals surface area (Å²) in [6.07, 6.45) is 5.68. The Balaban J connectivity index is 1.74. The molecule has 7 nitrogen and oxygen atoms in total. The highest BCUT2D eigenvalue weighted by Crippen LogP contribution is 2.26. The van der Waals surface area contributed by atoms with Crippen LogP contribution in [0.3, 0.4) is 0 Å². The number of nitrogens with zero attached hydrogens (tertiary/aromatic N) is 4. The van der Waals surface area contributed by atoms with Crippen LogP contribution >= 0.6 is 11.8 Å². The maximum Gasteiger partial charge on any atom is 0.290 e. The highest BCUT2D eigenvalue weighted by molar-refractivity contribution is 8.18. The second-order valence-corrected chi connectivity index (χ2v) is 7.36. The summed E-state index contributed by atoms with van der Waals surface area (Å²) in [5, 5.41) is 1.90. The molecule has 0 aromatic carbocycles. The van der Waals surface area contributed by atoms with E-state index in [1.165, 1.54) is 6.42 Å². The lowest BCUT2D eigenvalue weighted by molar-refractivity contribution is -0.115. The number of anilines is 1. The van der Waals surface area contributed by atoms with Crippen molar-refractivity contribution in [3.05, 3.63) is 22.9 Å². The molecule has 128 valence electrons. The Morgan fingerprint density at radius 2 is 2.29 bits per heavy atom. The molecule has 3 heterocycles. The van der Waals surface area contributed by atoms with Crippen LogP contribution in [-0.2, 0) is 4.79 Å². The quantitative estimate of drug-likeness (QED) is 0.829. The summed E-state index contributed by atoms with van der Waals surface area (Å²) < 4.78 is 0. The smallest absolute Gasteiger partial charge is 0.290 e. The first-order valence-corrected chi connectivity index (χ1v) is 8.80. The lowest BCUT2D eigenvalue weighted by Gasteiger charge is -2.34. The molecule has 1 unspecified atom stereocenters. The third kappa shape index (κ3) is 4.12. The van der Waals surface area contributed by atoms with E-state index in [0.29, 0.717) is 22.5 Å². The van der Waals surface area contributed by atoms with E-state index in [9.17, 15) is 9.59 Å². The van der Waals surface area contributed by atoms with Gasteiger partial charge in [-0.1, -0.05) is 0 Å². The average Bonchev–Trinajstić information content (AvgIpc) is 2.85. The lowest BCUT2D eigenvalue weighted by Crippen LogP contribution is -2.40. The number of amides is 2. The summed E-state index contributed by atoms with van der Waals surface area (Å²) in [5.41, 5.74) is 0.641. The molecule has 2 aliphatic rings. The van der Waals surface area contributed by atoms with Gasteiger partial charge in [-0.25, -0.2) is 9.97 Å². The van der Waals surface area contributed by atoms with Gasteiger partial charge < -0.3 is 9.80 Å². The predicted octanol–water partition coefficient (Wildman–Crippen LogP) is 1.58. The van der Waals surface area contributed by atoms with Crippen molar-refractivity contribution in [3.63, 3.8) is 0 Å². The van der Waals surface area contributed by atoms with Crippen LogP contribution in [0.25, 0.3) is 6.08 Å². The van der Waals surface area contributed by atoms with E-state index in [-0.39, 0.29) is 11.1 Å². The molecule has 2 amide bonds. The van der Waals surface area contributed by atoms with Gasteiger partial charge in [0.25, 0.3) is 11.1 Å². The molecular formula is C16H21N5O2S. The van der Waals surface area contributed by atoms with E-state index in [4.69, 9.17) is 0 Å². The van der Waals surface area contributed by atoms with Crippen molar-refractivity contribution in [2.75, 3.05) is 38.6 Å². The van der Waals surface area contributed by atoms with Gasteiger partial charge in [-0.15, -0.1) is 0 Å². The highest BCUT2D eigenvalue weighted by Gasteiger charge is 2.26. The maximum atomic E-state index is 11.6. The minimum atomic E-state index is -0.366. The molecule has 2 saturated heterocycles. The molecule has 8 heteroatoms. The zero-order valence-corrected chi connectivity index (χ0v) is 14.7. The van der Waals surface area contributed by atoms with Gasteiger partial charge in [-0.05, 0) is 56.8 Å². The topological polar surface area (TPSA) is 78.4 Å². The van der Waals surface area contributed by atoms with Gasteiger partial charge in [-0.3, -0.25) is 14.9 Å². The Bertz CT molecular complexity index is 676. The van der Waals surface area contributed by atoms with E-state index in [0.717, 1.165) is 37.8 Å². The Hall–Kier alpha value is -1.93. The fraction of sp³-hybridized carbons (Fsp3) is 0.500.